The number of benzene rings is 1. The fraction of sp³-hybridized carbons (Fsp3) is 0.529. The van der Waals surface area contributed by atoms with Gasteiger partial charge in [0, 0.05) is 38.1 Å². The minimum atomic E-state index is 0.163. The summed E-state index contributed by atoms with van der Waals surface area (Å²) in [5.41, 5.74) is 0. The number of nitrogens with one attached hydrogen (secondary N) is 2. The first kappa shape index (κ1) is 18.4. The molecule has 1 aliphatic carbocycles. The van der Waals surface area contributed by atoms with Crippen LogP contribution in [0.5, 0.6) is 5.75 Å². The van der Waals surface area contributed by atoms with Crippen molar-refractivity contribution in [2.45, 2.75) is 12.8 Å². The molecule has 0 radical (unpaired) electrons. The van der Waals surface area contributed by atoms with E-state index < -0.39 is 0 Å². The molecule has 0 atom stereocenters. The van der Waals surface area contributed by atoms with Gasteiger partial charge in [0.2, 0.25) is 5.91 Å². The molecule has 0 bridgehead atoms. The van der Waals surface area contributed by atoms with E-state index in [1.165, 1.54) is 0 Å². The Kier molecular flexibility index (Phi) is 7.18. The number of hydrogen-bond donors (Lipinski definition) is 2. The van der Waals surface area contributed by atoms with Crippen LogP contribution in [0.1, 0.15) is 12.8 Å². The summed E-state index contributed by atoms with van der Waals surface area (Å²) in [5, 5.41) is 6.84. The fourth-order valence-corrected chi connectivity index (χ4v) is 2.30. The maximum Gasteiger partial charge on any atom is 0.223 e. The molecule has 1 amide bonds. The molecule has 0 unspecified atom stereocenters. The Labute approximate surface area is 148 Å². The lowest BCUT2D eigenvalue weighted by molar-refractivity contribution is -0.122. The Bertz CT molecular complexity index is 558. The summed E-state index contributed by atoms with van der Waals surface area (Å²) in [4.78, 5) is 17.8. The van der Waals surface area contributed by atoms with Gasteiger partial charge in [-0.1, -0.05) is 11.6 Å². The molecule has 0 spiro atoms. The molecule has 6 nitrogen and oxygen atoms in total. The predicted molar refractivity (Wildman–Crippen MR) is 96.7 cm³/mol. The number of hydrogen-bond acceptors (Lipinski definition) is 3. The number of rotatable bonds is 8. The average molecular weight is 353 g/mol. The molecule has 2 N–H and O–H groups in total. The molecular formula is C17H25ClN4O2. The minimum Gasteiger partial charge on any atom is -0.492 e. The third kappa shape index (κ3) is 6.28. The van der Waals surface area contributed by atoms with Gasteiger partial charge in [0.05, 0.1) is 6.54 Å². The summed E-state index contributed by atoms with van der Waals surface area (Å²) in [6.07, 6.45) is 2.05. The number of carbonyl (C=O) groups is 1. The van der Waals surface area contributed by atoms with Crippen LogP contribution in [-0.4, -0.2) is 57.1 Å². The van der Waals surface area contributed by atoms with Gasteiger partial charge in [0.15, 0.2) is 5.96 Å². The van der Waals surface area contributed by atoms with Gasteiger partial charge >= 0.3 is 0 Å². The summed E-state index contributed by atoms with van der Waals surface area (Å²) in [6, 6.07) is 7.30. The molecular weight excluding hydrogens is 328 g/mol. The van der Waals surface area contributed by atoms with Gasteiger partial charge in [-0.3, -0.25) is 9.79 Å². The highest BCUT2D eigenvalue weighted by molar-refractivity contribution is 6.30. The van der Waals surface area contributed by atoms with E-state index in [4.69, 9.17) is 16.3 Å². The maximum atomic E-state index is 11.5. The summed E-state index contributed by atoms with van der Waals surface area (Å²) < 4.78 is 5.68. The van der Waals surface area contributed by atoms with Gasteiger partial charge in [-0.15, -0.1) is 0 Å². The van der Waals surface area contributed by atoms with E-state index in [1.54, 1.807) is 19.2 Å². The smallest absolute Gasteiger partial charge is 0.223 e. The molecule has 1 saturated carbocycles. The highest BCUT2D eigenvalue weighted by Crippen LogP contribution is 2.28. The third-order valence-electron chi connectivity index (χ3n) is 3.74. The Balaban J connectivity index is 1.62. The van der Waals surface area contributed by atoms with Crippen molar-refractivity contribution in [3.8, 4) is 5.75 Å². The molecule has 1 aliphatic rings. The maximum absolute atomic E-state index is 11.5. The van der Waals surface area contributed by atoms with Crippen LogP contribution in [0.3, 0.4) is 0 Å². The van der Waals surface area contributed by atoms with Crippen molar-refractivity contribution in [2.24, 2.45) is 10.9 Å². The summed E-state index contributed by atoms with van der Waals surface area (Å²) in [7, 11) is 3.69. The molecule has 0 aliphatic heterocycles. The molecule has 0 heterocycles. The number of amides is 1. The highest BCUT2D eigenvalue weighted by Gasteiger charge is 2.28. The first-order valence-corrected chi connectivity index (χ1v) is 8.56. The van der Waals surface area contributed by atoms with Crippen LogP contribution in [0.25, 0.3) is 0 Å². The normalized spacial score (nSPS) is 14.2. The van der Waals surface area contributed by atoms with E-state index in [9.17, 15) is 4.79 Å². The second-order valence-corrected chi connectivity index (χ2v) is 6.20. The Morgan fingerprint density at radius 3 is 2.58 bits per heavy atom. The second-order valence-electron chi connectivity index (χ2n) is 5.76. The molecule has 24 heavy (non-hydrogen) atoms. The third-order valence-corrected chi connectivity index (χ3v) is 3.99. The van der Waals surface area contributed by atoms with Crippen LogP contribution in [0, 0.1) is 5.92 Å². The summed E-state index contributed by atoms with van der Waals surface area (Å²) in [6.45, 7) is 2.48. The molecule has 2 rings (SSSR count). The van der Waals surface area contributed by atoms with Crippen LogP contribution in [0.4, 0.5) is 0 Å². The van der Waals surface area contributed by atoms with Crippen LogP contribution in [-0.2, 0) is 4.79 Å². The van der Waals surface area contributed by atoms with Gasteiger partial charge < -0.3 is 20.3 Å². The van der Waals surface area contributed by atoms with Crippen molar-refractivity contribution in [1.82, 2.24) is 15.5 Å². The Morgan fingerprint density at radius 2 is 1.96 bits per heavy atom. The number of halogens is 1. The number of likely N-dealkylation sites (N-methyl/N-ethyl adjacent to an activating group) is 1. The van der Waals surface area contributed by atoms with Crippen molar-refractivity contribution in [3.63, 3.8) is 0 Å². The van der Waals surface area contributed by atoms with Crippen LogP contribution in [0.2, 0.25) is 5.02 Å². The van der Waals surface area contributed by atoms with E-state index in [0.717, 1.165) is 24.6 Å². The number of carbonyl (C=O) groups excluding carboxylic acids is 1. The molecule has 1 aromatic rings. The monoisotopic (exact) mass is 352 g/mol. The SMILES string of the molecule is CN=C(NCCNC(=O)C1CC1)N(C)CCOc1ccc(Cl)cc1. The van der Waals surface area contributed by atoms with Gasteiger partial charge in [-0.05, 0) is 37.1 Å². The number of aliphatic imine (C=N–C) groups is 1. The molecule has 1 aromatic carbocycles. The van der Waals surface area contributed by atoms with Crippen LogP contribution >= 0.6 is 11.6 Å². The lowest BCUT2D eigenvalue weighted by Crippen LogP contribution is -2.43. The van der Waals surface area contributed by atoms with Crippen molar-refractivity contribution >= 4 is 23.5 Å². The average Bonchev–Trinajstić information content (AvgIpc) is 3.41. The lowest BCUT2D eigenvalue weighted by atomic mass is 10.3. The topological polar surface area (TPSA) is 66.0 Å². The first-order valence-electron chi connectivity index (χ1n) is 8.18. The van der Waals surface area contributed by atoms with Crippen LogP contribution < -0.4 is 15.4 Å². The number of ether oxygens (including phenoxy) is 1. The Morgan fingerprint density at radius 1 is 1.29 bits per heavy atom. The molecule has 7 heteroatoms. The summed E-state index contributed by atoms with van der Waals surface area (Å²) in [5.74, 6) is 1.97. The Hall–Kier alpha value is -1.95. The molecule has 1 fully saturated rings. The van der Waals surface area contributed by atoms with E-state index in [0.29, 0.717) is 31.3 Å². The van der Waals surface area contributed by atoms with E-state index in [1.807, 2.05) is 24.1 Å². The van der Waals surface area contributed by atoms with Crippen molar-refractivity contribution < 1.29 is 9.53 Å². The molecule has 0 aromatic heterocycles. The fourth-order valence-electron chi connectivity index (χ4n) is 2.17. The van der Waals surface area contributed by atoms with Crippen LogP contribution in [0.15, 0.2) is 29.3 Å². The van der Waals surface area contributed by atoms with E-state index in [-0.39, 0.29) is 11.8 Å². The van der Waals surface area contributed by atoms with Gasteiger partial charge in [0.25, 0.3) is 0 Å². The number of nitrogens with zero attached hydrogens (tertiary/aromatic N) is 2. The zero-order valence-electron chi connectivity index (χ0n) is 14.2. The van der Waals surface area contributed by atoms with Gasteiger partial charge in [-0.2, -0.15) is 0 Å². The quantitative estimate of drug-likeness (QED) is 0.425. The number of guanidine groups is 1. The second kappa shape index (κ2) is 9.37. The van der Waals surface area contributed by atoms with Crippen molar-refractivity contribution in [1.29, 1.82) is 0 Å². The zero-order valence-corrected chi connectivity index (χ0v) is 15.0. The standard InChI is InChI=1S/C17H25ClN4O2/c1-19-17(21-10-9-20-16(23)13-3-4-13)22(2)11-12-24-15-7-5-14(18)6-8-15/h5-8,13H,3-4,9-12H2,1-2H3,(H,19,21)(H,20,23). The highest BCUT2D eigenvalue weighted by atomic mass is 35.5. The molecule has 132 valence electrons. The lowest BCUT2D eigenvalue weighted by Gasteiger charge is -2.22. The zero-order chi connectivity index (χ0) is 17.4. The van der Waals surface area contributed by atoms with Crippen molar-refractivity contribution in [2.75, 3.05) is 40.3 Å². The predicted octanol–water partition coefficient (Wildman–Crippen LogP) is 1.75. The van der Waals surface area contributed by atoms with Gasteiger partial charge in [0.1, 0.15) is 12.4 Å². The largest absolute Gasteiger partial charge is 0.492 e. The van der Waals surface area contributed by atoms with Gasteiger partial charge in [-0.25, -0.2) is 0 Å². The molecule has 0 saturated heterocycles. The summed E-state index contributed by atoms with van der Waals surface area (Å²) >= 11 is 5.84. The van der Waals surface area contributed by atoms with E-state index in [2.05, 4.69) is 15.6 Å². The van der Waals surface area contributed by atoms with E-state index >= 15 is 0 Å². The first-order chi connectivity index (χ1) is 11.6. The van der Waals surface area contributed by atoms with Crippen molar-refractivity contribution in [3.05, 3.63) is 29.3 Å². The minimum absolute atomic E-state index is 0.163.